The molecule has 0 radical (unpaired) electrons. The molecule has 116 valence electrons. The number of hydrogen-bond acceptors (Lipinski definition) is 1. The van der Waals surface area contributed by atoms with Gasteiger partial charge in [0, 0.05) is 25.7 Å². The van der Waals surface area contributed by atoms with Crippen molar-refractivity contribution in [2.75, 3.05) is 6.54 Å². The van der Waals surface area contributed by atoms with E-state index in [0.29, 0.717) is 6.54 Å². The minimum Gasteiger partial charge on any atom is -0.347 e. The molecule has 21 heavy (non-hydrogen) atoms. The zero-order chi connectivity index (χ0) is 15.3. The normalized spacial score (nSPS) is 12.2. The zero-order valence-electron chi connectivity index (χ0n) is 12.2. The molecule has 0 atom stereocenters. The molecule has 0 saturated heterocycles. The summed E-state index contributed by atoms with van der Waals surface area (Å²) in [5, 5.41) is 4.43. The van der Waals surface area contributed by atoms with Gasteiger partial charge in [0.05, 0.1) is 5.52 Å². The molecule has 1 N–H and O–H groups in total. The largest absolute Gasteiger partial charge is 0.389 e. The second kappa shape index (κ2) is 6.98. The molecule has 2 nitrogen and oxygen atoms in total. The van der Waals surface area contributed by atoms with E-state index >= 15 is 0 Å². The molecule has 1 heterocycles. The van der Waals surface area contributed by atoms with Crippen molar-refractivity contribution in [2.24, 2.45) is 0 Å². The third kappa shape index (κ3) is 4.49. The van der Waals surface area contributed by atoms with Crippen LogP contribution in [0.15, 0.2) is 30.5 Å². The number of aromatic nitrogens is 1. The number of para-hydroxylation sites is 1. The van der Waals surface area contributed by atoms with Crippen molar-refractivity contribution in [3.8, 4) is 0 Å². The fraction of sp³-hybridized carbons (Fsp3) is 0.500. The summed E-state index contributed by atoms with van der Waals surface area (Å²) in [6.07, 6.45) is -1.76. The first-order valence-electron chi connectivity index (χ1n) is 7.35. The van der Waals surface area contributed by atoms with E-state index in [1.54, 1.807) is 0 Å². The zero-order valence-corrected chi connectivity index (χ0v) is 12.2. The summed E-state index contributed by atoms with van der Waals surface area (Å²) in [5.41, 5.74) is 2.18. The molecule has 2 rings (SSSR count). The Labute approximate surface area is 122 Å². The topological polar surface area (TPSA) is 17.0 Å². The molecule has 0 aliphatic carbocycles. The summed E-state index contributed by atoms with van der Waals surface area (Å²) in [7, 11) is 0. The summed E-state index contributed by atoms with van der Waals surface area (Å²) in [4.78, 5) is 0. The van der Waals surface area contributed by atoms with Gasteiger partial charge in [-0.1, -0.05) is 25.1 Å². The van der Waals surface area contributed by atoms with E-state index in [9.17, 15) is 13.2 Å². The van der Waals surface area contributed by atoms with Gasteiger partial charge in [-0.2, -0.15) is 13.2 Å². The quantitative estimate of drug-likeness (QED) is 0.746. The van der Waals surface area contributed by atoms with Gasteiger partial charge in [-0.3, -0.25) is 0 Å². The van der Waals surface area contributed by atoms with Crippen molar-refractivity contribution in [3.05, 3.63) is 36.0 Å². The molecular formula is C16H21F3N2. The monoisotopic (exact) mass is 298 g/mol. The number of alkyl halides is 3. The number of aryl methyl sites for hydroxylation is 1. The Hall–Kier alpha value is -1.49. The van der Waals surface area contributed by atoms with E-state index < -0.39 is 12.6 Å². The summed E-state index contributed by atoms with van der Waals surface area (Å²) in [6, 6.07) is 7.99. The van der Waals surface area contributed by atoms with E-state index in [4.69, 9.17) is 0 Å². The maximum atomic E-state index is 12.3. The highest BCUT2D eigenvalue weighted by Crippen LogP contribution is 2.24. The van der Waals surface area contributed by atoms with Crippen molar-refractivity contribution in [3.63, 3.8) is 0 Å². The van der Waals surface area contributed by atoms with Gasteiger partial charge in [-0.05, 0) is 36.4 Å². The van der Waals surface area contributed by atoms with E-state index in [-0.39, 0.29) is 6.42 Å². The lowest BCUT2D eigenvalue weighted by Gasteiger charge is -2.11. The van der Waals surface area contributed by atoms with E-state index in [2.05, 4.69) is 12.2 Å². The number of halogens is 3. The Morgan fingerprint density at radius 3 is 2.71 bits per heavy atom. The van der Waals surface area contributed by atoms with Crippen LogP contribution in [0.5, 0.6) is 0 Å². The lowest BCUT2D eigenvalue weighted by molar-refractivity contribution is -0.135. The van der Waals surface area contributed by atoms with E-state index in [1.807, 2.05) is 35.0 Å². The Kier molecular flexibility index (Phi) is 5.28. The van der Waals surface area contributed by atoms with Crippen molar-refractivity contribution in [1.82, 2.24) is 9.88 Å². The van der Waals surface area contributed by atoms with Crippen molar-refractivity contribution >= 4 is 10.9 Å². The Morgan fingerprint density at radius 2 is 2.00 bits per heavy atom. The molecule has 0 bridgehead atoms. The van der Waals surface area contributed by atoms with E-state index in [1.165, 1.54) is 0 Å². The lowest BCUT2D eigenvalue weighted by atomic mass is 10.1. The second-order valence-electron chi connectivity index (χ2n) is 5.26. The highest BCUT2D eigenvalue weighted by molar-refractivity contribution is 5.83. The number of nitrogens with one attached hydrogen (secondary N) is 1. The fourth-order valence-electron chi connectivity index (χ4n) is 2.52. The molecule has 0 aliphatic rings. The lowest BCUT2D eigenvalue weighted by Crippen LogP contribution is -2.15. The van der Waals surface area contributed by atoms with Crippen molar-refractivity contribution in [1.29, 1.82) is 0 Å². The summed E-state index contributed by atoms with van der Waals surface area (Å²) in [5.74, 6) is 0. The Bertz CT molecular complexity index is 572. The van der Waals surface area contributed by atoms with Crippen LogP contribution in [0.4, 0.5) is 13.2 Å². The number of fused-ring (bicyclic) bond motifs is 1. The molecule has 0 spiro atoms. The van der Waals surface area contributed by atoms with Crippen LogP contribution in [0.1, 0.15) is 31.7 Å². The smallest absolute Gasteiger partial charge is 0.347 e. The van der Waals surface area contributed by atoms with Gasteiger partial charge in [0.15, 0.2) is 0 Å². The first-order chi connectivity index (χ1) is 10.0. The number of hydrogen-bond donors (Lipinski definition) is 1. The average molecular weight is 298 g/mol. The van der Waals surface area contributed by atoms with Gasteiger partial charge in [0.2, 0.25) is 0 Å². The molecule has 0 saturated carbocycles. The first kappa shape index (κ1) is 15.9. The van der Waals surface area contributed by atoms with Crippen molar-refractivity contribution < 1.29 is 13.2 Å². The van der Waals surface area contributed by atoms with Gasteiger partial charge in [0.1, 0.15) is 0 Å². The molecule has 2 aromatic rings. The minimum atomic E-state index is -4.07. The van der Waals surface area contributed by atoms with Crippen molar-refractivity contribution in [2.45, 2.75) is 45.5 Å². The summed E-state index contributed by atoms with van der Waals surface area (Å²) in [6.45, 7) is 4.18. The predicted molar refractivity (Wildman–Crippen MR) is 79.2 cm³/mol. The van der Waals surface area contributed by atoms with Gasteiger partial charge in [-0.15, -0.1) is 0 Å². The number of nitrogens with zero attached hydrogens (tertiary/aromatic N) is 1. The summed E-state index contributed by atoms with van der Waals surface area (Å²) < 4.78 is 38.7. The highest BCUT2D eigenvalue weighted by atomic mass is 19.4. The third-order valence-electron chi connectivity index (χ3n) is 3.47. The number of benzene rings is 1. The predicted octanol–water partition coefficient (Wildman–Crippen LogP) is 4.48. The van der Waals surface area contributed by atoms with Crippen LogP contribution in [0.3, 0.4) is 0 Å². The summed E-state index contributed by atoms with van der Waals surface area (Å²) >= 11 is 0. The second-order valence-corrected chi connectivity index (χ2v) is 5.26. The van der Waals surface area contributed by atoms with Crippen LogP contribution in [0.25, 0.3) is 10.9 Å². The highest BCUT2D eigenvalue weighted by Gasteiger charge is 2.26. The maximum absolute atomic E-state index is 12.3. The number of rotatable bonds is 7. The van der Waals surface area contributed by atoms with Crippen LogP contribution >= 0.6 is 0 Å². The molecule has 0 fully saturated rings. The maximum Gasteiger partial charge on any atom is 0.389 e. The van der Waals surface area contributed by atoms with Crippen LogP contribution < -0.4 is 5.32 Å². The molecule has 1 aromatic carbocycles. The molecular weight excluding hydrogens is 277 g/mol. The standard InChI is InChI=1S/C16H21F3N2/c1-2-9-20-12-14-6-3-5-13-7-11-21(15(13)14)10-4-8-16(17,18)19/h3,5-7,11,20H,2,4,8-10,12H2,1H3. The SMILES string of the molecule is CCCNCc1cccc2ccn(CCCC(F)(F)F)c12. The molecule has 0 amide bonds. The molecule has 0 unspecified atom stereocenters. The van der Waals surface area contributed by atoms with Gasteiger partial charge < -0.3 is 9.88 Å². The van der Waals surface area contributed by atoms with Gasteiger partial charge in [-0.25, -0.2) is 0 Å². The average Bonchev–Trinajstić information content (AvgIpc) is 2.82. The van der Waals surface area contributed by atoms with Gasteiger partial charge >= 0.3 is 6.18 Å². The van der Waals surface area contributed by atoms with Crippen LogP contribution in [0.2, 0.25) is 0 Å². The molecule has 1 aromatic heterocycles. The first-order valence-corrected chi connectivity index (χ1v) is 7.35. The van der Waals surface area contributed by atoms with Crippen LogP contribution in [-0.4, -0.2) is 17.3 Å². The Balaban J connectivity index is 2.12. The fourth-order valence-corrected chi connectivity index (χ4v) is 2.52. The van der Waals surface area contributed by atoms with E-state index in [0.717, 1.165) is 36.0 Å². The minimum absolute atomic E-state index is 0.115. The molecule has 0 aliphatic heterocycles. The van der Waals surface area contributed by atoms with Crippen LogP contribution in [-0.2, 0) is 13.1 Å². The van der Waals surface area contributed by atoms with Crippen LogP contribution in [0, 0.1) is 0 Å². The Morgan fingerprint density at radius 1 is 1.19 bits per heavy atom. The molecule has 5 heteroatoms. The third-order valence-corrected chi connectivity index (χ3v) is 3.47. The van der Waals surface area contributed by atoms with Gasteiger partial charge in [0.25, 0.3) is 0 Å².